The number of nitrogens with one attached hydrogen (secondary N) is 1. The van der Waals surface area contributed by atoms with E-state index in [1.807, 2.05) is 29.2 Å². The fraction of sp³-hybridized carbons (Fsp3) is 0.409. The molecule has 0 saturated carbocycles. The lowest BCUT2D eigenvalue weighted by molar-refractivity contribution is 0.205. The van der Waals surface area contributed by atoms with Gasteiger partial charge in [-0.05, 0) is 43.1 Å². The summed E-state index contributed by atoms with van der Waals surface area (Å²) in [5.74, 6) is 1.75. The molecule has 0 spiro atoms. The number of benzene rings is 2. The molecule has 2 aliphatic rings. The first-order chi connectivity index (χ1) is 13.1. The third-order valence-corrected chi connectivity index (χ3v) is 6.01. The number of amides is 2. The minimum atomic E-state index is -0.0242. The van der Waals surface area contributed by atoms with Gasteiger partial charge in [-0.15, -0.1) is 12.4 Å². The molecule has 0 bridgehead atoms. The van der Waals surface area contributed by atoms with Crippen molar-refractivity contribution in [2.75, 3.05) is 39.1 Å². The fourth-order valence-electron chi connectivity index (χ4n) is 4.71. The molecular weight excluding hydrogens is 374 g/mol. The Bertz CT molecular complexity index is 844. The highest BCUT2D eigenvalue weighted by atomic mass is 35.5. The Morgan fingerprint density at radius 2 is 1.89 bits per heavy atom. The highest BCUT2D eigenvalue weighted by Gasteiger charge is 2.47. The van der Waals surface area contributed by atoms with Gasteiger partial charge in [-0.3, -0.25) is 4.90 Å². The highest BCUT2D eigenvalue weighted by Crippen LogP contribution is 2.44. The van der Waals surface area contributed by atoms with E-state index >= 15 is 0 Å². The number of halogens is 1. The number of hydrogen-bond acceptors (Lipinski definition) is 3. The second kappa shape index (κ2) is 8.41. The summed E-state index contributed by atoms with van der Waals surface area (Å²) in [7, 11) is 3.83. The van der Waals surface area contributed by atoms with Crippen LogP contribution in [0.5, 0.6) is 5.75 Å². The van der Waals surface area contributed by atoms with E-state index in [1.165, 1.54) is 11.1 Å². The third-order valence-electron chi connectivity index (χ3n) is 6.01. The molecule has 2 heterocycles. The Morgan fingerprint density at radius 3 is 2.64 bits per heavy atom. The smallest absolute Gasteiger partial charge is 0.321 e. The first kappa shape index (κ1) is 20.5. The Labute approximate surface area is 173 Å². The van der Waals surface area contributed by atoms with E-state index in [9.17, 15) is 4.79 Å². The van der Waals surface area contributed by atoms with Crippen LogP contribution in [0.2, 0.25) is 0 Å². The summed E-state index contributed by atoms with van der Waals surface area (Å²) in [6.45, 7) is 4.82. The average molecular weight is 402 g/mol. The molecule has 3 atom stereocenters. The minimum Gasteiger partial charge on any atom is -0.497 e. The SMILES string of the molecule is COc1cccc(NC(=O)N2C[C@@H]3CN(C)[C@H](c4ccccc4C)[C@@H]3C2)c1.Cl. The number of hydrogen-bond donors (Lipinski definition) is 1. The van der Waals surface area contributed by atoms with E-state index < -0.39 is 0 Å². The van der Waals surface area contributed by atoms with Gasteiger partial charge in [0.2, 0.25) is 0 Å². The summed E-state index contributed by atoms with van der Waals surface area (Å²) >= 11 is 0. The van der Waals surface area contributed by atoms with Gasteiger partial charge in [-0.1, -0.05) is 30.3 Å². The number of nitrogens with zero attached hydrogens (tertiary/aromatic N) is 2. The van der Waals surface area contributed by atoms with Crippen molar-refractivity contribution in [2.24, 2.45) is 11.8 Å². The molecule has 5 nitrogen and oxygen atoms in total. The first-order valence-corrected chi connectivity index (χ1v) is 9.52. The van der Waals surface area contributed by atoms with Crippen LogP contribution in [0.1, 0.15) is 17.2 Å². The maximum Gasteiger partial charge on any atom is 0.321 e. The van der Waals surface area contributed by atoms with Crippen molar-refractivity contribution in [1.82, 2.24) is 9.80 Å². The van der Waals surface area contributed by atoms with E-state index in [0.717, 1.165) is 31.1 Å². The summed E-state index contributed by atoms with van der Waals surface area (Å²) < 4.78 is 5.24. The van der Waals surface area contributed by atoms with Crippen LogP contribution in [0, 0.1) is 18.8 Å². The Kier molecular flexibility index (Phi) is 6.16. The van der Waals surface area contributed by atoms with Gasteiger partial charge in [0.25, 0.3) is 0 Å². The fourth-order valence-corrected chi connectivity index (χ4v) is 4.71. The predicted octanol–water partition coefficient (Wildman–Crippen LogP) is 4.19. The molecule has 2 amide bonds. The molecule has 2 aromatic rings. The lowest BCUT2D eigenvalue weighted by atomic mass is 9.88. The molecule has 2 fully saturated rings. The molecule has 1 N–H and O–H groups in total. The Hall–Kier alpha value is -2.24. The summed E-state index contributed by atoms with van der Waals surface area (Å²) in [4.78, 5) is 17.2. The van der Waals surface area contributed by atoms with Crippen molar-refractivity contribution < 1.29 is 9.53 Å². The van der Waals surface area contributed by atoms with Crippen LogP contribution in [0.15, 0.2) is 48.5 Å². The molecular formula is C22H28ClN3O2. The standard InChI is InChI=1S/C22H27N3O2.ClH/c1-15-7-4-5-10-19(15)21-20-14-25(13-16(20)12-24(21)2)22(26)23-17-8-6-9-18(11-17)27-3;/h4-11,16,20-21H,12-14H2,1-3H3,(H,23,26);1H/t16-,20+,21+;/m0./s1. The maximum atomic E-state index is 12.8. The third kappa shape index (κ3) is 3.82. The number of rotatable bonds is 3. The molecule has 0 unspecified atom stereocenters. The van der Waals surface area contributed by atoms with E-state index in [2.05, 4.69) is 48.5 Å². The molecule has 150 valence electrons. The number of fused-ring (bicyclic) bond motifs is 1. The molecule has 28 heavy (non-hydrogen) atoms. The van der Waals surface area contributed by atoms with Crippen molar-refractivity contribution in [2.45, 2.75) is 13.0 Å². The van der Waals surface area contributed by atoms with Crippen molar-refractivity contribution >= 4 is 24.1 Å². The van der Waals surface area contributed by atoms with Gasteiger partial charge in [-0.2, -0.15) is 0 Å². The molecule has 0 radical (unpaired) electrons. The zero-order valence-corrected chi connectivity index (χ0v) is 17.4. The Morgan fingerprint density at radius 1 is 1.11 bits per heavy atom. The van der Waals surface area contributed by atoms with E-state index in [1.54, 1.807) is 7.11 Å². The van der Waals surface area contributed by atoms with Crippen LogP contribution in [-0.4, -0.2) is 49.6 Å². The molecule has 2 aliphatic heterocycles. The van der Waals surface area contributed by atoms with Crippen molar-refractivity contribution in [3.63, 3.8) is 0 Å². The lowest BCUT2D eigenvalue weighted by Crippen LogP contribution is -2.36. The van der Waals surface area contributed by atoms with E-state index in [4.69, 9.17) is 4.74 Å². The summed E-state index contributed by atoms with van der Waals surface area (Å²) in [6, 6.07) is 16.5. The van der Waals surface area contributed by atoms with Crippen molar-refractivity contribution in [1.29, 1.82) is 0 Å². The summed E-state index contributed by atoms with van der Waals surface area (Å²) in [5.41, 5.74) is 3.49. The monoisotopic (exact) mass is 401 g/mol. The van der Waals surface area contributed by atoms with Gasteiger partial charge >= 0.3 is 6.03 Å². The molecule has 0 aromatic heterocycles. The second-order valence-corrected chi connectivity index (χ2v) is 7.73. The van der Waals surface area contributed by atoms with Gasteiger partial charge in [0, 0.05) is 43.3 Å². The normalized spacial score (nSPS) is 23.8. The number of carbonyl (C=O) groups is 1. The molecule has 4 rings (SSSR count). The van der Waals surface area contributed by atoms with Crippen LogP contribution < -0.4 is 10.1 Å². The summed E-state index contributed by atoms with van der Waals surface area (Å²) in [6.07, 6.45) is 0. The highest BCUT2D eigenvalue weighted by molar-refractivity contribution is 5.89. The number of urea groups is 1. The first-order valence-electron chi connectivity index (χ1n) is 9.52. The van der Waals surface area contributed by atoms with Crippen molar-refractivity contribution in [3.05, 3.63) is 59.7 Å². The maximum absolute atomic E-state index is 12.8. The van der Waals surface area contributed by atoms with Gasteiger partial charge in [0.1, 0.15) is 5.75 Å². The van der Waals surface area contributed by atoms with Crippen LogP contribution in [0.25, 0.3) is 0 Å². The molecule has 2 saturated heterocycles. The van der Waals surface area contributed by atoms with Crippen LogP contribution in [0.3, 0.4) is 0 Å². The zero-order chi connectivity index (χ0) is 19.0. The van der Waals surface area contributed by atoms with Crippen LogP contribution in [-0.2, 0) is 0 Å². The summed E-state index contributed by atoms with van der Waals surface area (Å²) in [5, 5.41) is 3.02. The van der Waals surface area contributed by atoms with Gasteiger partial charge in [0.05, 0.1) is 7.11 Å². The number of likely N-dealkylation sites (tertiary alicyclic amines) is 2. The van der Waals surface area contributed by atoms with Gasteiger partial charge in [0.15, 0.2) is 0 Å². The van der Waals surface area contributed by atoms with Crippen LogP contribution in [0.4, 0.5) is 10.5 Å². The number of methoxy groups -OCH3 is 1. The van der Waals surface area contributed by atoms with E-state index in [-0.39, 0.29) is 18.4 Å². The Balaban J connectivity index is 0.00000225. The number of ether oxygens (including phenoxy) is 1. The van der Waals surface area contributed by atoms with Gasteiger partial charge < -0.3 is 15.0 Å². The second-order valence-electron chi connectivity index (χ2n) is 7.73. The number of anilines is 1. The van der Waals surface area contributed by atoms with Crippen molar-refractivity contribution in [3.8, 4) is 5.75 Å². The predicted molar refractivity (Wildman–Crippen MR) is 114 cm³/mol. The van der Waals surface area contributed by atoms with Gasteiger partial charge in [-0.25, -0.2) is 4.79 Å². The largest absolute Gasteiger partial charge is 0.497 e. The van der Waals surface area contributed by atoms with Crippen LogP contribution >= 0.6 is 12.4 Å². The topological polar surface area (TPSA) is 44.8 Å². The number of aryl methyl sites for hydroxylation is 1. The average Bonchev–Trinajstić information content (AvgIpc) is 3.19. The quantitative estimate of drug-likeness (QED) is 0.838. The number of carbonyl (C=O) groups excluding carboxylic acids is 1. The minimum absolute atomic E-state index is 0. The lowest BCUT2D eigenvalue weighted by Gasteiger charge is -2.28. The zero-order valence-electron chi connectivity index (χ0n) is 16.6. The van der Waals surface area contributed by atoms with E-state index in [0.29, 0.717) is 17.9 Å². The molecule has 0 aliphatic carbocycles. The molecule has 6 heteroatoms. The molecule has 2 aromatic carbocycles.